The fourth-order valence-corrected chi connectivity index (χ4v) is 0.494. The summed E-state index contributed by atoms with van der Waals surface area (Å²) in [4.78, 5) is 10.2. The summed E-state index contributed by atoms with van der Waals surface area (Å²) in [6, 6.07) is 0. The highest BCUT2D eigenvalue weighted by molar-refractivity contribution is 5.72. The molecule has 0 aromatic carbocycles. The molecule has 0 aliphatic heterocycles. The Hall–Kier alpha value is -0.640. The van der Waals surface area contributed by atoms with Crippen molar-refractivity contribution in [2.24, 2.45) is 0 Å². The molecule has 60 valence electrons. The Kier molecular flexibility index (Phi) is 4.84. The molecule has 0 saturated carbocycles. The van der Waals surface area contributed by atoms with E-state index in [1.54, 1.807) is 0 Å². The number of halogens is 1. The zero-order valence-corrected chi connectivity index (χ0v) is 6.19. The van der Waals surface area contributed by atoms with E-state index in [9.17, 15) is 9.18 Å². The minimum atomic E-state index is -1.10. The van der Waals surface area contributed by atoms with Gasteiger partial charge in [0, 0.05) is 14.0 Å². The second-order valence-corrected chi connectivity index (χ2v) is 1.99. The molecule has 0 heterocycles. The van der Waals surface area contributed by atoms with Crippen molar-refractivity contribution in [3.63, 3.8) is 0 Å². The number of hydrogen-bond acceptors (Lipinski definition) is 2. The van der Waals surface area contributed by atoms with E-state index in [4.69, 9.17) is 0 Å². The van der Waals surface area contributed by atoms with Gasteiger partial charge in [-0.1, -0.05) is 0 Å². The van der Waals surface area contributed by atoms with Crippen LogP contribution in [0.3, 0.4) is 0 Å². The lowest BCUT2D eigenvalue weighted by Crippen LogP contribution is -2.30. The number of nitrogens with one attached hydrogen (secondary N) is 1. The molecule has 1 N–H and O–H groups in total. The van der Waals surface area contributed by atoms with Crippen LogP contribution in [0, 0.1) is 0 Å². The van der Waals surface area contributed by atoms with E-state index in [-0.39, 0.29) is 19.1 Å². The monoisotopic (exact) mass is 149 g/mol. The first-order chi connectivity index (χ1) is 4.66. The highest BCUT2D eigenvalue weighted by Gasteiger charge is 2.04. The van der Waals surface area contributed by atoms with Gasteiger partial charge in [-0.05, 0) is 0 Å². The Morgan fingerprint density at radius 1 is 1.80 bits per heavy atom. The number of amides is 1. The molecule has 0 aliphatic rings. The minimum absolute atomic E-state index is 0.0281. The van der Waals surface area contributed by atoms with E-state index in [1.165, 1.54) is 14.0 Å². The molecule has 0 aromatic heterocycles. The molecule has 0 saturated heterocycles. The first-order valence-corrected chi connectivity index (χ1v) is 3.04. The third-order valence-corrected chi connectivity index (χ3v) is 0.920. The SMILES string of the molecule is COCC(F)CNC(C)=O. The van der Waals surface area contributed by atoms with Gasteiger partial charge in [0.15, 0.2) is 0 Å². The molecule has 0 spiro atoms. The van der Waals surface area contributed by atoms with Crippen LogP contribution in [0.15, 0.2) is 0 Å². The minimum Gasteiger partial charge on any atom is -0.382 e. The number of carbonyl (C=O) groups excluding carboxylic acids is 1. The van der Waals surface area contributed by atoms with Gasteiger partial charge >= 0.3 is 0 Å². The molecular weight excluding hydrogens is 137 g/mol. The van der Waals surface area contributed by atoms with Crippen LogP contribution in [0.25, 0.3) is 0 Å². The summed E-state index contributed by atoms with van der Waals surface area (Å²) in [7, 11) is 1.42. The van der Waals surface area contributed by atoms with Crippen molar-refractivity contribution in [3.05, 3.63) is 0 Å². The molecular formula is C6H12FNO2. The first-order valence-electron chi connectivity index (χ1n) is 3.04. The molecule has 0 aromatic rings. The van der Waals surface area contributed by atoms with E-state index >= 15 is 0 Å². The van der Waals surface area contributed by atoms with Crippen LogP contribution >= 0.6 is 0 Å². The largest absolute Gasteiger partial charge is 0.382 e. The number of methoxy groups -OCH3 is 1. The molecule has 4 heteroatoms. The quantitative estimate of drug-likeness (QED) is 0.616. The first kappa shape index (κ1) is 9.36. The average molecular weight is 149 g/mol. The molecule has 0 fully saturated rings. The standard InChI is InChI=1S/C6H12FNO2/c1-5(9)8-3-6(7)4-10-2/h6H,3-4H2,1-2H3,(H,8,9). The van der Waals surface area contributed by atoms with Crippen molar-refractivity contribution in [2.45, 2.75) is 13.1 Å². The molecule has 1 amide bonds. The van der Waals surface area contributed by atoms with E-state index in [1.807, 2.05) is 0 Å². The Morgan fingerprint density at radius 3 is 2.80 bits per heavy atom. The lowest BCUT2D eigenvalue weighted by molar-refractivity contribution is -0.119. The number of carbonyl (C=O) groups is 1. The molecule has 0 rings (SSSR count). The van der Waals surface area contributed by atoms with E-state index in [0.29, 0.717) is 0 Å². The van der Waals surface area contributed by atoms with Crippen molar-refractivity contribution < 1.29 is 13.9 Å². The van der Waals surface area contributed by atoms with Gasteiger partial charge in [-0.25, -0.2) is 4.39 Å². The van der Waals surface area contributed by atoms with Gasteiger partial charge in [0.2, 0.25) is 5.91 Å². The predicted molar refractivity (Wildman–Crippen MR) is 35.5 cm³/mol. The fourth-order valence-electron chi connectivity index (χ4n) is 0.494. The van der Waals surface area contributed by atoms with Crippen molar-refractivity contribution >= 4 is 5.91 Å². The molecule has 0 bridgehead atoms. The fraction of sp³-hybridized carbons (Fsp3) is 0.833. The number of hydrogen-bond donors (Lipinski definition) is 1. The summed E-state index contributed by atoms with van der Waals surface area (Å²) >= 11 is 0. The molecule has 0 radical (unpaired) electrons. The maximum atomic E-state index is 12.4. The summed E-state index contributed by atoms with van der Waals surface area (Å²) in [6.07, 6.45) is -1.10. The number of ether oxygens (including phenoxy) is 1. The Morgan fingerprint density at radius 2 is 2.40 bits per heavy atom. The predicted octanol–water partition coefficient (Wildman–Crippen LogP) is 0.107. The van der Waals surface area contributed by atoms with Crippen LogP contribution in [-0.4, -0.2) is 32.3 Å². The van der Waals surface area contributed by atoms with E-state index in [0.717, 1.165) is 0 Å². The lowest BCUT2D eigenvalue weighted by atomic mass is 10.4. The normalized spacial score (nSPS) is 12.7. The lowest BCUT2D eigenvalue weighted by Gasteiger charge is -2.05. The maximum Gasteiger partial charge on any atom is 0.216 e. The summed E-state index contributed by atoms with van der Waals surface area (Å²) in [5, 5.41) is 2.34. The zero-order valence-electron chi connectivity index (χ0n) is 6.19. The van der Waals surface area contributed by atoms with Gasteiger partial charge in [-0.15, -0.1) is 0 Å². The summed E-state index contributed by atoms with van der Waals surface area (Å²) < 4.78 is 16.9. The van der Waals surface area contributed by atoms with Gasteiger partial charge in [-0.2, -0.15) is 0 Å². The molecule has 0 aliphatic carbocycles. The van der Waals surface area contributed by atoms with Crippen LogP contribution in [0.5, 0.6) is 0 Å². The zero-order chi connectivity index (χ0) is 7.98. The summed E-state index contributed by atoms with van der Waals surface area (Å²) in [5.74, 6) is -0.223. The van der Waals surface area contributed by atoms with Crippen LogP contribution in [-0.2, 0) is 9.53 Å². The van der Waals surface area contributed by atoms with Crippen molar-refractivity contribution in [2.75, 3.05) is 20.3 Å². The summed E-state index contributed by atoms with van der Waals surface area (Å²) in [5.41, 5.74) is 0. The second kappa shape index (κ2) is 5.17. The molecule has 3 nitrogen and oxygen atoms in total. The third-order valence-electron chi connectivity index (χ3n) is 0.920. The van der Waals surface area contributed by atoms with Gasteiger partial charge in [0.1, 0.15) is 6.17 Å². The van der Waals surface area contributed by atoms with Crippen LogP contribution in [0.2, 0.25) is 0 Å². The molecule has 1 unspecified atom stereocenters. The van der Waals surface area contributed by atoms with Gasteiger partial charge in [0.25, 0.3) is 0 Å². The second-order valence-electron chi connectivity index (χ2n) is 1.99. The highest BCUT2D eigenvalue weighted by atomic mass is 19.1. The Labute approximate surface area is 59.6 Å². The topological polar surface area (TPSA) is 38.3 Å². The van der Waals surface area contributed by atoms with Crippen LogP contribution in [0.1, 0.15) is 6.92 Å². The number of alkyl halides is 1. The van der Waals surface area contributed by atoms with E-state index < -0.39 is 6.17 Å². The Bertz CT molecular complexity index is 108. The number of rotatable bonds is 4. The van der Waals surface area contributed by atoms with Crippen molar-refractivity contribution in [1.29, 1.82) is 0 Å². The maximum absolute atomic E-state index is 12.4. The smallest absolute Gasteiger partial charge is 0.216 e. The van der Waals surface area contributed by atoms with Crippen LogP contribution < -0.4 is 5.32 Å². The molecule has 10 heavy (non-hydrogen) atoms. The Balaban J connectivity index is 3.21. The van der Waals surface area contributed by atoms with Crippen LogP contribution in [0.4, 0.5) is 4.39 Å². The van der Waals surface area contributed by atoms with Gasteiger partial charge in [-0.3, -0.25) is 4.79 Å². The van der Waals surface area contributed by atoms with Gasteiger partial charge < -0.3 is 10.1 Å². The van der Waals surface area contributed by atoms with Crippen molar-refractivity contribution in [3.8, 4) is 0 Å². The van der Waals surface area contributed by atoms with E-state index in [2.05, 4.69) is 10.1 Å². The molecule has 1 atom stereocenters. The van der Waals surface area contributed by atoms with Gasteiger partial charge in [0.05, 0.1) is 13.2 Å². The van der Waals surface area contributed by atoms with Crippen molar-refractivity contribution in [1.82, 2.24) is 5.32 Å². The third kappa shape index (κ3) is 5.50. The summed E-state index contributed by atoms with van der Waals surface area (Å²) in [6.45, 7) is 1.41. The highest BCUT2D eigenvalue weighted by Crippen LogP contribution is 1.87. The average Bonchev–Trinajstić information content (AvgIpc) is 1.85.